The Kier molecular flexibility index (Phi) is 3.45. The van der Waals surface area contributed by atoms with Crippen molar-refractivity contribution in [3.8, 4) is 0 Å². The quantitative estimate of drug-likeness (QED) is 0.917. The second kappa shape index (κ2) is 5.58. The fourth-order valence-electron chi connectivity index (χ4n) is 3.14. The van der Waals surface area contributed by atoms with Crippen LogP contribution in [-0.2, 0) is 17.7 Å². The van der Waals surface area contributed by atoms with Gasteiger partial charge in [-0.25, -0.2) is 0 Å². The number of fused-ring (bicyclic) bond motifs is 1. The molecular formula is C16H19N3O2. The van der Waals surface area contributed by atoms with E-state index in [0.717, 1.165) is 44.8 Å². The average molecular weight is 285 g/mol. The number of nitrogens with one attached hydrogen (secondary N) is 1. The minimum atomic E-state index is 0.126. The molecule has 4 rings (SSSR count). The second-order valence-electron chi connectivity index (χ2n) is 5.78. The molecule has 0 radical (unpaired) electrons. The normalized spacial score (nSPS) is 23.0. The van der Waals surface area contributed by atoms with Crippen molar-refractivity contribution in [2.75, 3.05) is 13.2 Å². The summed E-state index contributed by atoms with van der Waals surface area (Å²) in [7, 11) is 0. The van der Waals surface area contributed by atoms with Gasteiger partial charge >= 0.3 is 0 Å². The fourth-order valence-corrected chi connectivity index (χ4v) is 3.14. The van der Waals surface area contributed by atoms with Crippen molar-refractivity contribution < 1.29 is 9.26 Å². The van der Waals surface area contributed by atoms with E-state index in [1.807, 2.05) is 0 Å². The lowest BCUT2D eigenvalue weighted by atomic mass is 9.96. The molecule has 0 spiro atoms. The van der Waals surface area contributed by atoms with Gasteiger partial charge in [0.2, 0.25) is 5.89 Å². The Hall–Kier alpha value is -1.72. The predicted molar refractivity (Wildman–Crippen MR) is 76.8 cm³/mol. The molecule has 2 aromatic rings. The lowest BCUT2D eigenvalue weighted by Crippen LogP contribution is -2.28. The molecular weight excluding hydrogens is 266 g/mol. The minimum Gasteiger partial charge on any atom is -0.381 e. The average Bonchev–Trinajstić information content (AvgIpc) is 3.05. The Labute approximate surface area is 123 Å². The number of aromatic nitrogens is 2. The molecule has 1 saturated heterocycles. The van der Waals surface area contributed by atoms with E-state index in [0.29, 0.717) is 11.8 Å². The maximum absolute atomic E-state index is 5.51. The van der Waals surface area contributed by atoms with Crippen LogP contribution in [0.3, 0.4) is 0 Å². The highest BCUT2D eigenvalue weighted by atomic mass is 16.5. The van der Waals surface area contributed by atoms with Crippen LogP contribution >= 0.6 is 0 Å². The molecule has 3 heterocycles. The first-order valence-electron chi connectivity index (χ1n) is 7.61. The van der Waals surface area contributed by atoms with E-state index in [4.69, 9.17) is 9.26 Å². The Morgan fingerprint density at radius 3 is 2.76 bits per heavy atom. The molecule has 0 unspecified atom stereocenters. The van der Waals surface area contributed by atoms with Crippen LogP contribution in [0.4, 0.5) is 0 Å². The molecule has 21 heavy (non-hydrogen) atoms. The standard InChI is InChI=1S/C16H19N3O2/c1-2-4-13-10-17-14(9-12(13)3-1)16-18-15(19-21-16)11-5-7-20-8-6-11/h1-4,11,14,17H,5-10H2/t14-/m1/s1. The van der Waals surface area contributed by atoms with Gasteiger partial charge in [0.25, 0.3) is 0 Å². The summed E-state index contributed by atoms with van der Waals surface area (Å²) in [5, 5.41) is 7.68. The monoisotopic (exact) mass is 285 g/mol. The summed E-state index contributed by atoms with van der Waals surface area (Å²) in [6.07, 6.45) is 2.88. The van der Waals surface area contributed by atoms with E-state index in [2.05, 4.69) is 39.7 Å². The SMILES string of the molecule is c1ccc2c(c1)CN[C@@H](c1nc(C3CCOCC3)no1)C2. The first-order valence-corrected chi connectivity index (χ1v) is 7.61. The second-order valence-corrected chi connectivity index (χ2v) is 5.78. The Bertz CT molecular complexity index is 619. The maximum atomic E-state index is 5.51. The number of ether oxygens (including phenoxy) is 1. The summed E-state index contributed by atoms with van der Waals surface area (Å²) >= 11 is 0. The van der Waals surface area contributed by atoms with Crippen LogP contribution < -0.4 is 5.32 Å². The van der Waals surface area contributed by atoms with Crippen molar-refractivity contribution in [2.45, 2.75) is 37.8 Å². The first kappa shape index (κ1) is 13.0. The first-order chi connectivity index (χ1) is 10.4. The molecule has 2 aliphatic heterocycles. The molecule has 1 N–H and O–H groups in total. The summed E-state index contributed by atoms with van der Waals surface area (Å²) in [6, 6.07) is 8.64. The van der Waals surface area contributed by atoms with Crippen molar-refractivity contribution >= 4 is 0 Å². The fraction of sp³-hybridized carbons (Fsp3) is 0.500. The molecule has 1 fully saturated rings. The van der Waals surface area contributed by atoms with Crippen molar-refractivity contribution in [1.82, 2.24) is 15.5 Å². The highest BCUT2D eigenvalue weighted by Crippen LogP contribution is 2.28. The lowest BCUT2D eigenvalue weighted by molar-refractivity contribution is 0.0830. The smallest absolute Gasteiger partial charge is 0.244 e. The van der Waals surface area contributed by atoms with Crippen LogP contribution in [0.25, 0.3) is 0 Å². The third-order valence-electron chi connectivity index (χ3n) is 4.42. The number of benzene rings is 1. The molecule has 110 valence electrons. The molecule has 0 bridgehead atoms. The Balaban J connectivity index is 1.51. The van der Waals surface area contributed by atoms with Gasteiger partial charge in [-0.3, -0.25) is 0 Å². The molecule has 0 aliphatic carbocycles. The summed E-state index contributed by atoms with van der Waals surface area (Å²) in [4.78, 5) is 4.63. The van der Waals surface area contributed by atoms with Gasteiger partial charge in [0.05, 0.1) is 6.04 Å². The molecule has 0 saturated carbocycles. The van der Waals surface area contributed by atoms with Crippen LogP contribution in [0.1, 0.15) is 47.6 Å². The third-order valence-corrected chi connectivity index (χ3v) is 4.42. The zero-order chi connectivity index (χ0) is 14.1. The largest absolute Gasteiger partial charge is 0.381 e. The minimum absolute atomic E-state index is 0.126. The van der Waals surface area contributed by atoms with Crippen molar-refractivity contribution in [3.63, 3.8) is 0 Å². The highest BCUT2D eigenvalue weighted by Gasteiger charge is 2.27. The van der Waals surface area contributed by atoms with E-state index < -0.39 is 0 Å². The number of rotatable bonds is 2. The van der Waals surface area contributed by atoms with Gasteiger partial charge in [0, 0.05) is 25.7 Å². The zero-order valence-corrected chi connectivity index (χ0v) is 11.9. The van der Waals surface area contributed by atoms with E-state index in [-0.39, 0.29) is 6.04 Å². The maximum Gasteiger partial charge on any atom is 0.244 e. The van der Waals surface area contributed by atoms with Gasteiger partial charge in [-0.2, -0.15) is 4.98 Å². The molecule has 5 heteroatoms. The van der Waals surface area contributed by atoms with E-state index in [1.54, 1.807) is 0 Å². The molecule has 0 amide bonds. The molecule has 5 nitrogen and oxygen atoms in total. The van der Waals surface area contributed by atoms with Crippen LogP contribution in [0.15, 0.2) is 28.8 Å². The van der Waals surface area contributed by atoms with Crippen molar-refractivity contribution in [3.05, 3.63) is 47.1 Å². The molecule has 1 aromatic carbocycles. The van der Waals surface area contributed by atoms with Gasteiger partial charge in [-0.1, -0.05) is 29.4 Å². The van der Waals surface area contributed by atoms with Crippen LogP contribution in [0.5, 0.6) is 0 Å². The molecule has 1 atom stereocenters. The van der Waals surface area contributed by atoms with Gasteiger partial charge in [0.15, 0.2) is 5.82 Å². The number of nitrogens with zero attached hydrogens (tertiary/aromatic N) is 2. The van der Waals surface area contributed by atoms with Gasteiger partial charge < -0.3 is 14.6 Å². The van der Waals surface area contributed by atoms with E-state index in [9.17, 15) is 0 Å². The number of hydrogen-bond acceptors (Lipinski definition) is 5. The van der Waals surface area contributed by atoms with Gasteiger partial charge in [0.1, 0.15) is 0 Å². The Morgan fingerprint density at radius 2 is 1.90 bits per heavy atom. The molecule has 2 aliphatic rings. The van der Waals surface area contributed by atoms with Crippen LogP contribution in [0.2, 0.25) is 0 Å². The summed E-state index contributed by atoms with van der Waals surface area (Å²) in [5.41, 5.74) is 2.73. The zero-order valence-electron chi connectivity index (χ0n) is 11.9. The lowest BCUT2D eigenvalue weighted by Gasteiger charge is -2.23. The highest BCUT2D eigenvalue weighted by molar-refractivity contribution is 5.30. The van der Waals surface area contributed by atoms with Crippen molar-refractivity contribution in [2.24, 2.45) is 0 Å². The van der Waals surface area contributed by atoms with Crippen molar-refractivity contribution in [1.29, 1.82) is 0 Å². The van der Waals surface area contributed by atoms with Crippen LogP contribution in [-0.4, -0.2) is 23.4 Å². The van der Waals surface area contributed by atoms with E-state index >= 15 is 0 Å². The Morgan fingerprint density at radius 1 is 1.10 bits per heavy atom. The van der Waals surface area contributed by atoms with Gasteiger partial charge in [-0.05, 0) is 30.4 Å². The predicted octanol–water partition coefficient (Wildman–Crippen LogP) is 2.35. The summed E-state index contributed by atoms with van der Waals surface area (Å²) in [6.45, 7) is 2.45. The molecule has 1 aromatic heterocycles. The summed E-state index contributed by atoms with van der Waals surface area (Å²) < 4.78 is 10.9. The third kappa shape index (κ3) is 2.59. The van der Waals surface area contributed by atoms with Gasteiger partial charge in [-0.15, -0.1) is 0 Å². The summed E-state index contributed by atoms with van der Waals surface area (Å²) in [5.74, 6) is 1.94. The van der Waals surface area contributed by atoms with E-state index in [1.165, 1.54) is 11.1 Å². The van der Waals surface area contributed by atoms with Crippen LogP contribution in [0, 0.1) is 0 Å². The number of hydrogen-bond donors (Lipinski definition) is 1. The topological polar surface area (TPSA) is 60.2 Å².